The summed E-state index contributed by atoms with van der Waals surface area (Å²) in [6.45, 7) is 2.01. The van der Waals surface area contributed by atoms with E-state index in [1.807, 2.05) is 12.3 Å². The molecule has 0 radical (unpaired) electrons. The van der Waals surface area contributed by atoms with Gasteiger partial charge in [-0.3, -0.25) is 4.98 Å². The van der Waals surface area contributed by atoms with E-state index in [-0.39, 0.29) is 12.1 Å². The van der Waals surface area contributed by atoms with Gasteiger partial charge in [0.15, 0.2) is 5.11 Å². The van der Waals surface area contributed by atoms with E-state index in [1.165, 1.54) is 37.8 Å². The maximum atomic E-state index is 5.81. The number of pyridine rings is 1. The van der Waals surface area contributed by atoms with Gasteiger partial charge < -0.3 is 19.7 Å². The van der Waals surface area contributed by atoms with Gasteiger partial charge in [-0.15, -0.1) is 0 Å². The Balaban J connectivity index is 1.66. The Labute approximate surface area is 180 Å². The third-order valence-corrected chi connectivity index (χ3v) is 6.64. The smallest absolute Gasteiger partial charge is 0.170 e. The topological polar surface area (TPSA) is 36.3 Å². The molecule has 2 fully saturated rings. The molecule has 1 aliphatic heterocycles. The van der Waals surface area contributed by atoms with Crippen LogP contribution in [-0.4, -0.2) is 51.6 Å². The van der Waals surface area contributed by atoms with Crippen LogP contribution in [0, 0.1) is 0 Å². The average molecular weight is 412 g/mol. The zero-order chi connectivity index (χ0) is 20.2. The maximum Gasteiger partial charge on any atom is 0.170 e. The van der Waals surface area contributed by atoms with E-state index in [1.54, 1.807) is 0 Å². The largest absolute Gasteiger partial charge is 0.352 e. The molecule has 0 spiro atoms. The molecular formula is C23H33N5S. The molecule has 1 N–H and O–H groups in total. The zero-order valence-electron chi connectivity index (χ0n) is 17.6. The van der Waals surface area contributed by atoms with Crippen molar-refractivity contribution in [2.45, 2.75) is 56.7 Å². The van der Waals surface area contributed by atoms with Crippen LogP contribution >= 0.6 is 12.2 Å². The van der Waals surface area contributed by atoms with Gasteiger partial charge in [-0.05, 0) is 76.4 Å². The van der Waals surface area contributed by atoms with E-state index in [9.17, 15) is 0 Å². The van der Waals surface area contributed by atoms with Crippen molar-refractivity contribution in [3.63, 3.8) is 0 Å². The summed E-state index contributed by atoms with van der Waals surface area (Å²) >= 11 is 5.81. The lowest BCUT2D eigenvalue weighted by Gasteiger charge is -2.32. The summed E-state index contributed by atoms with van der Waals surface area (Å²) in [7, 11) is 4.26. The summed E-state index contributed by atoms with van der Waals surface area (Å²) in [6, 6.07) is 11.5. The first kappa shape index (κ1) is 20.4. The molecule has 0 unspecified atom stereocenters. The van der Waals surface area contributed by atoms with Crippen LogP contribution in [0.15, 0.2) is 42.7 Å². The first-order valence-electron chi connectivity index (χ1n) is 10.9. The van der Waals surface area contributed by atoms with Gasteiger partial charge >= 0.3 is 0 Å². The Hall–Kier alpha value is -1.92. The predicted molar refractivity (Wildman–Crippen MR) is 122 cm³/mol. The minimum absolute atomic E-state index is 0.0836. The summed E-state index contributed by atoms with van der Waals surface area (Å²) in [5, 5.41) is 4.44. The van der Waals surface area contributed by atoms with Crippen LogP contribution in [0.1, 0.15) is 68.0 Å². The van der Waals surface area contributed by atoms with Gasteiger partial charge in [-0.25, -0.2) is 0 Å². The third kappa shape index (κ3) is 4.48. The number of hydrogen-bond acceptors (Lipinski definition) is 3. The lowest BCUT2D eigenvalue weighted by Crippen LogP contribution is -2.33. The molecule has 0 bridgehead atoms. The Morgan fingerprint density at radius 1 is 1.14 bits per heavy atom. The van der Waals surface area contributed by atoms with Crippen molar-refractivity contribution < 1.29 is 0 Å². The zero-order valence-corrected chi connectivity index (χ0v) is 18.4. The van der Waals surface area contributed by atoms with Crippen molar-refractivity contribution >= 4 is 17.3 Å². The van der Waals surface area contributed by atoms with Crippen LogP contribution in [0.4, 0.5) is 0 Å². The van der Waals surface area contributed by atoms with E-state index < -0.39 is 0 Å². The Bertz CT molecular complexity index is 797. The van der Waals surface area contributed by atoms with Gasteiger partial charge in [0, 0.05) is 30.7 Å². The molecule has 1 aliphatic carbocycles. The SMILES string of the molecule is CN(C)CCCN1C(=S)N[C@@H](c2ccccn2)[C@H]1c1cccn1C1CCCCC1. The second kappa shape index (κ2) is 9.26. The van der Waals surface area contributed by atoms with E-state index in [0.29, 0.717) is 6.04 Å². The van der Waals surface area contributed by atoms with Gasteiger partial charge in [-0.2, -0.15) is 0 Å². The van der Waals surface area contributed by atoms with Crippen LogP contribution in [0.2, 0.25) is 0 Å². The van der Waals surface area contributed by atoms with Crippen molar-refractivity contribution in [3.8, 4) is 0 Å². The first-order valence-corrected chi connectivity index (χ1v) is 11.4. The van der Waals surface area contributed by atoms with E-state index >= 15 is 0 Å². The summed E-state index contributed by atoms with van der Waals surface area (Å²) in [6.07, 6.45) is 11.8. The Morgan fingerprint density at radius 3 is 2.69 bits per heavy atom. The molecule has 1 saturated carbocycles. The summed E-state index contributed by atoms with van der Waals surface area (Å²) < 4.78 is 2.54. The fourth-order valence-electron chi connectivity index (χ4n) is 4.87. The van der Waals surface area contributed by atoms with Crippen molar-refractivity contribution in [2.75, 3.05) is 27.2 Å². The Kier molecular flexibility index (Phi) is 6.50. The number of rotatable bonds is 7. The molecule has 4 rings (SSSR count). The number of thiocarbonyl (C=S) groups is 1. The minimum atomic E-state index is 0.0836. The molecule has 156 valence electrons. The highest BCUT2D eigenvalue weighted by atomic mass is 32.1. The highest BCUT2D eigenvalue weighted by Crippen LogP contribution is 2.41. The highest BCUT2D eigenvalue weighted by Gasteiger charge is 2.41. The number of aromatic nitrogens is 2. The van der Waals surface area contributed by atoms with Gasteiger partial charge in [-0.1, -0.05) is 25.3 Å². The normalized spacial score (nSPS) is 23.0. The van der Waals surface area contributed by atoms with E-state index in [4.69, 9.17) is 12.2 Å². The van der Waals surface area contributed by atoms with Crippen molar-refractivity contribution in [1.82, 2.24) is 24.7 Å². The Morgan fingerprint density at radius 2 is 1.97 bits per heavy atom. The van der Waals surface area contributed by atoms with Gasteiger partial charge in [0.25, 0.3) is 0 Å². The van der Waals surface area contributed by atoms with Crippen LogP contribution in [-0.2, 0) is 0 Å². The number of nitrogens with one attached hydrogen (secondary N) is 1. The molecule has 1 saturated heterocycles. The monoisotopic (exact) mass is 411 g/mol. The van der Waals surface area contributed by atoms with E-state index in [0.717, 1.165) is 30.3 Å². The molecular weight excluding hydrogens is 378 g/mol. The van der Waals surface area contributed by atoms with Gasteiger partial charge in [0.2, 0.25) is 0 Å². The van der Waals surface area contributed by atoms with Crippen LogP contribution in [0.3, 0.4) is 0 Å². The second-order valence-corrected chi connectivity index (χ2v) is 9.00. The average Bonchev–Trinajstić information content (AvgIpc) is 3.34. The lowest BCUT2D eigenvalue weighted by molar-refractivity contribution is 0.267. The highest BCUT2D eigenvalue weighted by molar-refractivity contribution is 7.80. The predicted octanol–water partition coefficient (Wildman–Crippen LogP) is 4.31. The minimum Gasteiger partial charge on any atom is -0.352 e. The van der Waals surface area contributed by atoms with Gasteiger partial charge in [0.05, 0.1) is 17.8 Å². The summed E-state index contributed by atoms with van der Waals surface area (Å²) in [5.74, 6) is 0. The number of hydrogen-bond donors (Lipinski definition) is 1. The quantitative estimate of drug-likeness (QED) is 0.687. The molecule has 0 amide bonds. The standard InChI is InChI=1S/C23H33N5S/c1-26(2)15-9-17-28-22(21(25-23(28)29)19-12-6-7-14-24-19)20-13-8-16-27(20)18-10-4-3-5-11-18/h6-8,12-14,16,18,21-22H,3-5,9-11,15,17H2,1-2H3,(H,25,29)/t21-,22+/m0/s1. The molecule has 2 aliphatic rings. The molecule has 2 atom stereocenters. The maximum absolute atomic E-state index is 5.81. The molecule has 3 heterocycles. The van der Waals surface area contributed by atoms with Crippen molar-refractivity contribution in [3.05, 3.63) is 54.1 Å². The van der Waals surface area contributed by atoms with Crippen molar-refractivity contribution in [2.24, 2.45) is 0 Å². The van der Waals surface area contributed by atoms with Crippen LogP contribution < -0.4 is 5.32 Å². The molecule has 29 heavy (non-hydrogen) atoms. The fourth-order valence-corrected chi connectivity index (χ4v) is 5.21. The second-order valence-electron chi connectivity index (χ2n) is 8.61. The lowest BCUT2D eigenvalue weighted by atomic mass is 9.94. The summed E-state index contributed by atoms with van der Waals surface area (Å²) in [4.78, 5) is 9.31. The van der Waals surface area contributed by atoms with Crippen LogP contribution in [0.5, 0.6) is 0 Å². The summed E-state index contributed by atoms with van der Waals surface area (Å²) in [5.41, 5.74) is 2.43. The molecule has 5 nitrogen and oxygen atoms in total. The van der Waals surface area contributed by atoms with Gasteiger partial charge in [0.1, 0.15) is 0 Å². The fraction of sp³-hybridized carbons (Fsp3) is 0.565. The molecule has 2 aromatic rings. The molecule has 6 heteroatoms. The first-order chi connectivity index (χ1) is 14.1. The third-order valence-electron chi connectivity index (χ3n) is 6.29. The van der Waals surface area contributed by atoms with Crippen molar-refractivity contribution in [1.29, 1.82) is 0 Å². The number of nitrogens with zero attached hydrogens (tertiary/aromatic N) is 4. The molecule has 2 aromatic heterocycles. The van der Waals surface area contributed by atoms with Crippen LogP contribution in [0.25, 0.3) is 0 Å². The van der Waals surface area contributed by atoms with E-state index in [2.05, 4.69) is 69.2 Å². The molecule has 0 aromatic carbocycles.